The summed E-state index contributed by atoms with van der Waals surface area (Å²) in [5.41, 5.74) is 0.702. The predicted molar refractivity (Wildman–Crippen MR) is 161 cm³/mol. The topological polar surface area (TPSA) is 124 Å². The Bertz CT molecular complexity index is 1230. The highest BCUT2D eigenvalue weighted by Gasteiger charge is 2.12. The van der Waals surface area contributed by atoms with Gasteiger partial charge in [0.2, 0.25) is 0 Å². The van der Waals surface area contributed by atoms with Gasteiger partial charge in [0.05, 0.1) is 37.6 Å². The molecule has 0 saturated heterocycles. The third-order valence-corrected chi connectivity index (χ3v) is 6.14. The lowest BCUT2D eigenvalue weighted by atomic mass is 10.2. The van der Waals surface area contributed by atoms with Crippen molar-refractivity contribution in [3.8, 4) is 23.0 Å². The van der Waals surface area contributed by atoms with Gasteiger partial charge in [0, 0.05) is 12.8 Å². The zero-order valence-corrected chi connectivity index (χ0v) is 25.1. The van der Waals surface area contributed by atoms with Crippen LogP contribution in [0.3, 0.4) is 0 Å². The standard InChI is InChI=1S/C34H38O10/c1-3-31(35)41-23-7-5-21-39-27-13-9-25(10-14-27)33(37)43-29-17-19-30(20-18-29)44-34(38)26-11-15-28(16-12-26)40-22-6-8-24-42-32(36)4-2/h9-20H,3-8,21-24H2,1-2H3. The van der Waals surface area contributed by atoms with Crippen LogP contribution >= 0.6 is 0 Å². The van der Waals surface area contributed by atoms with Gasteiger partial charge in [0.15, 0.2) is 0 Å². The molecule has 0 fully saturated rings. The Labute approximate surface area is 257 Å². The highest BCUT2D eigenvalue weighted by molar-refractivity contribution is 5.92. The van der Waals surface area contributed by atoms with Crippen molar-refractivity contribution >= 4 is 23.9 Å². The molecular formula is C34H38O10. The first-order valence-electron chi connectivity index (χ1n) is 14.7. The van der Waals surface area contributed by atoms with Crippen molar-refractivity contribution in [1.29, 1.82) is 0 Å². The first-order chi connectivity index (χ1) is 21.4. The lowest BCUT2D eigenvalue weighted by Gasteiger charge is -2.09. The average Bonchev–Trinajstić information content (AvgIpc) is 3.05. The predicted octanol–water partition coefficient (Wildman–Crippen LogP) is 6.35. The van der Waals surface area contributed by atoms with E-state index >= 15 is 0 Å². The second kappa shape index (κ2) is 18.6. The molecule has 0 aliphatic rings. The van der Waals surface area contributed by atoms with Crippen LogP contribution < -0.4 is 18.9 Å². The second-order valence-corrected chi connectivity index (χ2v) is 9.56. The van der Waals surface area contributed by atoms with E-state index in [-0.39, 0.29) is 11.9 Å². The molecule has 0 aliphatic heterocycles. The van der Waals surface area contributed by atoms with E-state index in [1.54, 1.807) is 62.4 Å². The van der Waals surface area contributed by atoms with Crippen LogP contribution in [0.5, 0.6) is 23.0 Å². The zero-order valence-electron chi connectivity index (χ0n) is 25.1. The molecule has 0 amide bonds. The average molecular weight is 607 g/mol. The van der Waals surface area contributed by atoms with Gasteiger partial charge in [-0.2, -0.15) is 0 Å². The van der Waals surface area contributed by atoms with Crippen LogP contribution in [0.25, 0.3) is 0 Å². The monoisotopic (exact) mass is 606 g/mol. The summed E-state index contributed by atoms with van der Waals surface area (Å²) < 4.78 is 32.2. The fourth-order valence-electron chi connectivity index (χ4n) is 3.65. The Kier molecular flexibility index (Phi) is 14.2. The maximum absolute atomic E-state index is 12.5. The van der Waals surface area contributed by atoms with Gasteiger partial charge in [-0.25, -0.2) is 9.59 Å². The molecule has 0 N–H and O–H groups in total. The maximum Gasteiger partial charge on any atom is 0.343 e. The van der Waals surface area contributed by atoms with Gasteiger partial charge in [-0.3, -0.25) is 9.59 Å². The molecule has 3 aromatic rings. The lowest BCUT2D eigenvalue weighted by Crippen LogP contribution is -2.10. The summed E-state index contributed by atoms with van der Waals surface area (Å²) in [5, 5.41) is 0. The molecule has 0 aromatic heterocycles. The minimum absolute atomic E-state index is 0.212. The normalized spacial score (nSPS) is 10.4. The molecule has 3 aromatic carbocycles. The summed E-state index contributed by atoms with van der Waals surface area (Å²) in [4.78, 5) is 47.3. The van der Waals surface area contributed by atoms with E-state index in [1.807, 2.05) is 0 Å². The summed E-state index contributed by atoms with van der Waals surface area (Å²) in [6.45, 7) is 5.18. The summed E-state index contributed by atoms with van der Waals surface area (Å²) in [6.07, 6.45) is 3.61. The van der Waals surface area contributed by atoms with Crippen LogP contribution in [0, 0.1) is 0 Å². The van der Waals surface area contributed by atoms with E-state index in [1.165, 1.54) is 24.3 Å². The number of hydrogen-bond donors (Lipinski definition) is 0. The van der Waals surface area contributed by atoms with E-state index in [0.717, 1.165) is 12.8 Å². The number of ether oxygens (including phenoxy) is 6. The van der Waals surface area contributed by atoms with Crippen molar-refractivity contribution in [3.63, 3.8) is 0 Å². The smallest absolute Gasteiger partial charge is 0.343 e. The van der Waals surface area contributed by atoms with Gasteiger partial charge in [-0.05, 0) is 98.5 Å². The molecule has 0 aliphatic carbocycles. The molecule has 0 spiro atoms. The van der Waals surface area contributed by atoms with Gasteiger partial charge < -0.3 is 28.4 Å². The molecule has 0 saturated carbocycles. The van der Waals surface area contributed by atoms with Gasteiger partial charge in [-0.1, -0.05) is 13.8 Å². The SMILES string of the molecule is CCC(=O)OCCCCOc1ccc(C(=O)Oc2ccc(OC(=O)c3ccc(OCCCCOC(=O)CC)cc3)cc2)cc1. The van der Waals surface area contributed by atoms with Crippen LogP contribution in [0.2, 0.25) is 0 Å². The molecular weight excluding hydrogens is 568 g/mol. The van der Waals surface area contributed by atoms with Crippen molar-refractivity contribution in [1.82, 2.24) is 0 Å². The summed E-state index contributed by atoms with van der Waals surface area (Å²) in [5.74, 6) is 0.314. The minimum Gasteiger partial charge on any atom is -0.494 e. The molecule has 234 valence electrons. The molecule has 3 rings (SSSR count). The Hall–Kier alpha value is -4.86. The first-order valence-corrected chi connectivity index (χ1v) is 14.7. The van der Waals surface area contributed by atoms with E-state index < -0.39 is 11.9 Å². The van der Waals surface area contributed by atoms with Crippen LogP contribution in [-0.4, -0.2) is 50.3 Å². The maximum atomic E-state index is 12.5. The number of benzene rings is 3. The van der Waals surface area contributed by atoms with Crippen LogP contribution in [0.1, 0.15) is 73.1 Å². The molecule has 0 radical (unpaired) electrons. The van der Waals surface area contributed by atoms with Gasteiger partial charge in [0.1, 0.15) is 23.0 Å². The molecule has 44 heavy (non-hydrogen) atoms. The fraction of sp³-hybridized carbons (Fsp3) is 0.353. The van der Waals surface area contributed by atoms with Crippen LogP contribution in [0.15, 0.2) is 72.8 Å². The lowest BCUT2D eigenvalue weighted by molar-refractivity contribution is -0.144. The Morgan fingerprint density at radius 3 is 1.11 bits per heavy atom. The van der Waals surface area contributed by atoms with E-state index in [9.17, 15) is 19.2 Å². The van der Waals surface area contributed by atoms with E-state index in [2.05, 4.69) is 0 Å². The second-order valence-electron chi connectivity index (χ2n) is 9.56. The molecule has 0 heterocycles. The third kappa shape index (κ3) is 12.2. The molecule has 0 atom stereocenters. The summed E-state index contributed by atoms with van der Waals surface area (Å²) >= 11 is 0. The Morgan fingerprint density at radius 1 is 0.455 bits per heavy atom. The fourth-order valence-corrected chi connectivity index (χ4v) is 3.65. The van der Waals surface area contributed by atoms with Gasteiger partial charge >= 0.3 is 23.9 Å². The number of carbonyl (C=O) groups is 4. The van der Waals surface area contributed by atoms with Gasteiger partial charge in [-0.15, -0.1) is 0 Å². The van der Waals surface area contributed by atoms with Crippen molar-refractivity contribution in [2.45, 2.75) is 52.4 Å². The largest absolute Gasteiger partial charge is 0.494 e. The molecule has 10 nitrogen and oxygen atoms in total. The summed E-state index contributed by atoms with van der Waals surface area (Å²) in [7, 11) is 0. The van der Waals surface area contributed by atoms with Crippen molar-refractivity contribution in [2.24, 2.45) is 0 Å². The summed E-state index contributed by atoms with van der Waals surface area (Å²) in [6, 6.07) is 19.3. The third-order valence-electron chi connectivity index (χ3n) is 6.14. The number of rotatable bonds is 18. The van der Waals surface area contributed by atoms with E-state index in [4.69, 9.17) is 28.4 Å². The molecule has 10 heteroatoms. The van der Waals surface area contributed by atoms with Crippen molar-refractivity contribution in [3.05, 3.63) is 83.9 Å². The Morgan fingerprint density at radius 2 is 0.773 bits per heavy atom. The molecule has 0 unspecified atom stereocenters. The highest BCUT2D eigenvalue weighted by atomic mass is 16.5. The highest BCUT2D eigenvalue weighted by Crippen LogP contribution is 2.21. The van der Waals surface area contributed by atoms with Crippen molar-refractivity contribution in [2.75, 3.05) is 26.4 Å². The van der Waals surface area contributed by atoms with Gasteiger partial charge in [0.25, 0.3) is 0 Å². The molecule has 0 bridgehead atoms. The van der Waals surface area contributed by atoms with Crippen LogP contribution in [0.4, 0.5) is 0 Å². The number of carbonyl (C=O) groups excluding carboxylic acids is 4. The quantitative estimate of drug-likeness (QED) is 0.0919. The van der Waals surface area contributed by atoms with E-state index in [0.29, 0.717) is 86.2 Å². The van der Waals surface area contributed by atoms with Crippen LogP contribution in [-0.2, 0) is 19.1 Å². The number of esters is 4. The van der Waals surface area contributed by atoms with Crippen molar-refractivity contribution < 1.29 is 47.6 Å². The minimum atomic E-state index is -0.540. The number of hydrogen-bond acceptors (Lipinski definition) is 10. The number of unbranched alkanes of at least 4 members (excludes halogenated alkanes) is 2. The first kappa shape index (κ1) is 33.6. The Balaban J connectivity index is 1.37. The zero-order chi connectivity index (χ0) is 31.6.